The van der Waals surface area contributed by atoms with Crippen LogP contribution in [-0.2, 0) is 0 Å². The molecule has 0 spiro atoms. The van der Waals surface area contributed by atoms with Gasteiger partial charge in [0.25, 0.3) is 0 Å². The standard InChI is InChI=1S/C30H52NPSi2/c1-7-19-33(20-8-2,21-9-3)29-17-13-15-27(25-29)32(31)28-16-14-18-30(26-28)34(22-10-4,23-11-5)24-12-6/h13-18,25-26H,7-12,19-24,31H2,1-6H3. The summed E-state index contributed by atoms with van der Waals surface area (Å²) in [7, 11) is -3.73. The average molecular weight is 514 g/mol. The van der Waals surface area contributed by atoms with Gasteiger partial charge in [-0.05, 0) is 10.6 Å². The van der Waals surface area contributed by atoms with Crippen LogP contribution < -0.4 is 26.5 Å². The summed E-state index contributed by atoms with van der Waals surface area (Å²) < 4.78 is 0. The summed E-state index contributed by atoms with van der Waals surface area (Å²) in [5.74, 6) is 0. The molecule has 1 nitrogen and oxygen atoms in total. The van der Waals surface area contributed by atoms with E-state index < -0.39 is 24.2 Å². The van der Waals surface area contributed by atoms with Gasteiger partial charge in [-0.15, -0.1) is 0 Å². The van der Waals surface area contributed by atoms with Crippen molar-refractivity contribution < 1.29 is 0 Å². The molecule has 0 unspecified atom stereocenters. The molecule has 0 heterocycles. The van der Waals surface area contributed by atoms with E-state index in [9.17, 15) is 0 Å². The Kier molecular flexibility index (Phi) is 12.8. The Morgan fingerprint density at radius 1 is 0.529 bits per heavy atom. The van der Waals surface area contributed by atoms with Crippen LogP contribution in [0.1, 0.15) is 80.1 Å². The molecule has 0 aliphatic heterocycles. The highest BCUT2D eigenvalue weighted by Crippen LogP contribution is 2.30. The molecule has 0 fully saturated rings. The molecule has 0 saturated carbocycles. The van der Waals surface area contributed by atoms with Crippen molar-refractivity contribution in [3.05, 3.63) is 48.5 Å². The molecule has 2 N–H and O–H groups in total. The maximum atomic E-state index is 7.08. The molecule has 0 aromatic heterocycles. The Labute approximate surface area is 215 Å². The average Bonchev–Trinajstić information content (AvgIpc) is 2.84. The highest BCUT2D eigenvalue weighted by Gasteiger charge is 2.34. The molecule has 0 radical (unpaired) electrons. The summed E-state index contributed by atoms with van der Waals surface area (Å²) in [6.07, 6.45) is 7.80. The van der Waals surface area contributed by atoms with Crippen molar-refractivity contribution in [2.24, 2.45) is 5.50 Å². The molecule has 2 rings (SSSR count). The molecule has 0 aliphatic rings. The van der Waals surface area contributed by atoms with Crippen LogP contribution in [0, 0.1) is 0 Å². The third-order valence-corrected chi connectivity index (χ3v) is 21.3. The zero-order valence-electron chi connectivity index (χ0n) is 23.1. The van der Waals surface area contributed by atoms with Crippen molar-refractivity contribution in [3.8, 4) is 0 Å². The SMILES string of the molecule is CCC[Si](CCC)(CCC)c1cccc(P(N)c2cccc([Si](CCC)(CCC)CCC)c2)c1. The van der Waals surface area contributed by atoms with Gasteiger partial charge in [-0.3, -0.25) is 0 Å². The highest BCUT2D eigenvalue weighted by atomic mass is 31.1. The minimum absolute atomic E-state index is 0.809. The van der Waals surface area contributed by atoms with E-state index in [4.69, 9.17) is 5.50 Å². The first-order valence-corrected chi connectivity index (χ1v) is 20.9. The van der Waals surface area contributed by atoms with Crippen molar-refractivity contribution >= 4 is 45.2 Å². The van der Waals surface area contributed by atoms with E-state index in [-0.39, 0.29) is 0 Å². The molecule has 2 aromatic rings. The van der Waals surface area contributed by atoms with Crippen molar-refractivity contribution in [1.29, 1.82) is 0 Å². The second-order valence-corrected chi connectivity index (χ2v) is 21.6. The van der Waals surface area contributed by atoms with Crippen molar-refractivity contribution in [2.75, 3.05) is 0 Å². The van der Waals surface area contributed by atoms with Gasteiger partial charge in [-0.25, -0.2) is 0 Å². The molecule has 0 amide bonds. The van der Waals surface area contributed by atoms with Crippen molar-refractivity contribution in [1.82, 2.24) is 0 Å². The third-order valence-electron chi connectivity index (χ3n) is 7.84. The maximum Gasteiger partial charge on any atom is 0.0867 e. The number of hydrogen-bond acceptors (Lipinski definition) is 1. The molecule has 0 bridgehead atoms. The van der Waals surface area contributed by atoms with E-state index >= 15 is 0 Å². The molecular weight excluding hydrogens is 461 g/mol. The normalized spacial score (nSPS) is 12.5. The largest absolute Gasteiger partial charge is 0.302 e. The fraction of sp³-hybridized carbons (Fsp3) is 0.600. The molecule has 0 saturated heterocycles. The summed E-state index contributed by atoms with van der Waals surface area (Å²) in [4.78, 5) is 0. The van der Waals surface area contributed by atoms with Crippen LogP contribution in [0.5, 0.6) is 0 Å². The first-order valence-electron chi connectivity index (χ1n) is 14.2. The Bertz CT molecular complexity index is 750. The van der Waals surface area contributed by atoms with E-state index in [2.05, 4.69) is 90.1 Å². The summed E-state index contributed by atoms with van der Waals surface area (Å²) >= 11 is 0. The van der Waals surface area contributed by atoms with Gasteiger partial charge in [0.15, 0.2) is 0 Å². The van der Waals surface area contributed by atoms with Gasteiger partial charge >= 0.3 is 0 Å². The van der Waals surface area contributed by atoms with Crippen molar-refractivity contribution in [2.45, 2.75) is 116 Å². The molecule has 0 aliphatic carbocycles. The first-order chi connectivity index (χ1) is 16.5. The lowest BCUT2D eigenvalue weighted by atomic mass is 10.3. The fourth-order valence-electron chi connectivity index (χ4n) is 6.61. The minimum Gasteiger partial charge on any atom is -0.302 e. The van der Waals surface area contributed by atoms with Gasteiger partial charge in [0, 0.05) is 8.07 Å². The van der Waals surface area contributed by atoms with E-state index in [1.54, 1.807) is 10.4 Å². The topological polar surface area (TPSA) is 26.0 Å². The smallest absolute Gasteiger partial charge is 0.0867 e. The predicted molar refractivity (Wildman–Crippen MR) is 165 cm³/mol. The van der Waals surface area contributed by atoms with Gasteiger partial charge in [-0.1, -0.05) is 175 Å². The van der Waals surface area contributed by atoms with Crippen LogP contribution in [0.4, 0.5) is 0 Å². The summed E-state index contributed by atoms with van der Waals surface area (Å²) in [6.45, 7) is 14.2. The Balaban J connectivity index is 2.48. The Morgan fingerprint density at radius 2 is 0.824 bits per heavy atom. The zero-order chi connectivity index (χ0) is 25.0. The zero-order valence-corrected chi connectivity index (χ0v) is 26.0. The number of hydrogen-bond donors (Lipinski definition) is 1. The van der Waals surface area contributed by atoms with E-state index in [0.717, 1.165) is 0 Å². The lowest BCUT2D eigenvalue weighted by Crippen LogP contribution is -2.49. The third kappa shape index (κ3) is 7.15. The van der Waals surface area contributed by atoms with E-state index in [0.29, 0.717) is 0 Å². The lowest BCUT2D eigenvalue weighted by Gasteiger charge is -2.33. The first kappa shape index (κ1) is 29.5. The van der Waals surface area contributed by atoms with Crippen LogP contribution in [0.15, 0.2) is 48.5 Å². The Hall–Kier alpha value is -0.736. The molecule has 34 heavy (non-hydrogen) atoms. The van der Waals surface area contributed by atoms with E-state index in [1.165, 1.54) is 85.4 Å². The molecule has 0 atom stereocenters. The minimum atomic E-state index is -1.46. The van der Waals surface area contributed by atoms with Crippen molar-refractivity contribution in [3.63, 3.8) is 0 Å². The van der Waals surface area contributed by atoms with Crippen LogP contribution in [0.25, 0.3) is 0 Å². The second kappa shape index (κ2) is 14.7. The highest BCUT2D eigenvalue weighted by molar-refractivity contribution is 7.70. The predicted octanol–water partition coefficient (Wildman–Crippen LogP) is 7.76. The number of rotatable bonds is 16. The summed E-state index contributed by atoms with van der Waals surface area (Å²) in [5.41, 5.74) is 7.08. The summed E-state index contributed by atoms with van der Waals surface area (Å²) in [5, 5.41) is 6.07. The Morgan fingerprint density at radius 3 is 1.09 bits per heavy atom. The molecule has 4 heteroatoms. The van der Waals surface area contributed by atoms with E-state index in [1.807, 2.05) is 0 Å². The monoisotopic (exact) mass is 513 g/mol. The van der Waals surface area contributed by atoms with Gasteiger partial charge in [0.1, 0.15) is 0 Å². The van der Waals surface area contributed by atoms with Crippen LogP contribution in [0.3, 0.4) is 0 Å². The fourth-order valence-corrected chi connectivity index (χ4v) is 19.0. The quantitative estimate of drug-likeness (QED) is 0.180. The summed E-state index contributed by atoms with van der Waals surface area (Å²) in [6, 6.07) is 27.7. The molecular formula is C30H52NPSi2. The van der Waals surface area contributed by atoms with Gasteiger partial charge in [0.05, 0.1) is 16.1 Å². The molecule has 2 aromatic carbocycles. The molecule has 190 valence electrons. The van der Waals surface area contributed by atoms with Gasteiger partial charge in [-0.2, -0.15) is 0 Å². The second-order valence-electron chi connectivity index (χ2n) is 10.5. The van der Waals surface area contributed by atoms with Crippen LogP contribution in [0.2, 0.25) is 36.3 Å². The van der Waals surface area contributed by atoms with Crippen LogP contribution in [-0.4, -0.2) is 16.1 Å². The lowest BCUT2D eigenvalue weighted by molar-refractivity contribution is 0.937. The van der Waals surface area contributed by atoms with Crippen LogP contribution >= 0.6 is 8.07 Å². The number of benzene rings is 2. The van der Waals surface area contributed by atoms with Gasteiger partial charge in [0.2, 0.25) is 0 Å². The number of nitrogens with two attached hydrogens (primary N) is 1. The van der Waals surface area contributed by atoms with Gasteiger partial charge < -0.3 is 5.50 Å². The maximum absolute atomic E-state index is 7.08.